The lowest BCUT2D eigenvalue weighted by Gasteiger charge is -2.22. The molecule has 2 aromatic carbocycles. The zero-order valence-corrected chi connectivity index (χ0v) is 13.2. The first-order valence-electron chi connectivity index (χ1n) is 7.85. The van der Waals surface area contributed by atoms with Gasteiger partial charge in [-0.05, 0) is 54.1 Å². The first-order chi connectivity index (χ1) is 9.63. The Kier molecular flexibility index (Phi) is 5.19. The fraction of sp³-hybridized carbons (Fsp3) is 0.474. The molecule has 0 spiro atoms. The molecule has 0 fully saturated rings. The van der Waals surface area contributed by atoms with Gasteiger partial charge in [0.1, 0.15) is 0 Å². The van der Waals surface area contributed by atoms with Crippen LogP contribution >= 0.6 is 0 Å². The van der Waals surface area contributed by atoms with Crippen LogP contribution in [-0.2, 0) is 0 Å². The molecule has 2 aromatic rings. The van der Waals surface area contributed by atoms with Crippen molar-refractivity contribution >= 4 is 10.8 Å². The van der Waals surface area contributed by atoms with Crippen LogP contribution in [0.5, 0.6) is 0 Å². The molecule has 0 aromatic heterocycles. The van der Waals surface area contributed by atoms with E-state index in [2.05, 4.69) is 69.4 Å². The first-order valence-corrected chi connectivity index (χ1v) is 7.85. The van der Waals surface area contributed by atoms with E-state index in [0.29, 0.717) is 6.04 Å². The summed E-state index contributed by atoms with van der Waals surface area (Å²) in [7, 11) is 0. The highest BCUT2D eigenvalue weighted by atomic mass is 14.9. The van der Waals surface area contributed by atoms with E-state index in [9.17, 15) is 0 Å². The van der Waals surface area contributed by atoms with Gasteiger partial charge in [-0.15, -0.1) is 0 Å². The molecule has 0 aliphatic heterocycles. The van der Waals surface area contributed by atoms with E-state index in [1.54, 1.807) is 0 Å². The van der Waals surface area contributed by atoms with Crippen molar-refractivity contribution in [3.63, 3.8) is 0 Å². The molecule has 108 valence electrons. The molecule has 1 unspecified atom stereocenters. The molecule has 0 aliphatic rings. The van der Waals surface area contributed by atoms with Crippen LogP contribution in [0.2, 0.25) is 0 Å². The number of benzene rings is 2. The molecular weight excluding hydrogens is 242 g/mol. The molecule has 0 bridgehead atoms. The van der Waals surface area contributed by atoms with Crippen LogP contribution in [0.25, 0.3) is 10.8 Å². The van der Waals surface area contributed by atoms with Gasteiger partial charge in [-0.1, -0.05) is 57.2 Å². The van der Waals surface area contributed by atoms with E-state index in [4.69, 9.17) is 0 Å². The van der Waals surface area contributed by atoms with E-state index < -0.39 is 0 Å². The number of nitrogens with one attached hydrogen (secondary N) is 1. The molecule has 1 nitrogen and oxygen atoms in total. The molecule has 1 atom stereocenters. The highest BCUT2D eigenvalue weighted by Crippen LogP contribution is 2.30. The van der Waals surface area contributed by atoms with Crippen molar-refractivity contribution in [1.82, 2.24) is 5.32 Å². The van der Waals surface area contributed by atoms with Crippen LogP contribution in [0, 0.1) is 12.8 Å². The van der Waals surface area contributed by atoms with Crippen molar-refractivity contribution in [2.45, 2.75) is 46.6 Å². The van der Waals surface area contributed by atoms with Crippen LogP contribution in [-0.4, -0.2) is 6.54 Å². The van der Waals surface area contributed by atoms with Gasteiger partial charge in [-0.3, -0.25) is 0 Å². The van der Waals surface area contributed by atoms with Gasteiger partial charge in [0.2, 0.25) is 0 Å². The summed E-state index contributed by atoms with van der Waals surface area (Å²) in [6.45, 7) is 10.0. The average molecular weight is 269 g/mol. The zero-order chi connectivity index (χ0) is 14.5. The molecule has 0 amide bonds. The topological polar surface area (TPSA) is 12.0 Å². The third-order valence-electron chi connectivity index (χ3n) is 4.03. The minimum absolute atomic E-state index is 0.466. The van der Waals surface area contributed by atoms with Gasteiger partial charge < -0.3 is 5.32 Å². The van der Waals surface area contributed by atoms with Crippen molar-refractivity contribution < 1.29 is 0 Å². The van der Waals surface area contributed by atoms with Crippen molar-refractivity contribution in [3.05, 3.63) is 47.5 Å². The lowest BCUT2D eigenvalue weighted by Crippen LogP contribution is -2.21. The monoisotopic (exact) mass is 269 g/mol. The smallest absolute Gasteiger partial charge is 0.0326 e. The summed E-state index contributed by atoms with van der Waals surface area (Å²) >= 11 is 0. The summed E-state index contributed by atoms with van der Waals surface area (Å²) < 4.78 is 0. The third kappa shape index (κ3) is 3.40. The van der Waals surface area contributed by atoms with Crippen LogP contribution < -0.4 is 5.32 Å². The Morgan fingerprint density at radius 1 is 0.950 bits per heavy atom. The molecular formula is C19H27N. The molecule has 1 heteroatoms. The fourth-order valence-electron chi connectivity index (χ4n) is 2.89. The lowest BCUT2D eigenvalue weighted by atomic mass is 9.92. The minimum Gasteiger partial charge on any atom is -0.310 e. The summed E-state index contributed by atoms with van der Waals surface area (Å²) in [5.41, 5.74) is 2.82. The molecule has 1 N–H and O–H groups in total. The van der Waals surface area contributed by atoms with Gasteiger partial charge in [0, 0.05) is 6.04 Å². The van der Waals surface area contributed by atoms with Crippen molar-refractivity contribution in [2.24, 2.45) is 5.92 Å². The van der Waals surface area contributed by atoms with E-state index in [1.807, 2.05) is 0 Å². The maximum Gasteiger partial charge on any atom is 0.0326 e. The maximum absolute atomic E-state index is 3.67. The van der Waals surface area contributed by atoms with Gasteiger partial charge in [0.25, 0.3) is 0 Å². The van der Waals surface area contributed by atoms with Gasteiger partial charge in [0.15, 0.2) is 0 Å². The highest BCUT2D eigenvalue weighted by molar-refractivity contribution is 5.88. The van der Waals surface area contributed by atoms with E-state index in [1.165, 1.54) is 34.7 Å². The van der Waals surface area contributed by atoms with Gasteiger partial charge in [-0.2, -0.15) is 0 Å². The Labute approximate surface area is 123 Å². The molecule has 0 saturated heterocycles. The van der Waals surface area contributed by atoms with E-state index in [-0.39, 0.29) is 0 Å². The Balaban J connectivity index is 2.40. The number of hydrogen-bond donors (Lipinski definition) is 1. The van der Waals surface area contributed by atoms with E-state index in [0.717, 1.165) is 12.5 Å². The lowest BCUT2D eigenvalue weighted by molar-refractivity contribution is 0.450. The summed E-state index contributed by atoms with van der Waals surface area (Å²) in [5, 5.41) is 6.46. The number of fused-ring (bicyclic) bond motifs is 1. The Morgan fingerprint density at radius 3 is 2.30 bits per heavy atom. The summed E-state index contributed by atoms with van der Waals surface area (Å²) in [5.74, 6) is 0.757. The largest absolute Gasteiger partial charge is 0.310 e. The maximum atomic E-state index is 3.67. The van der Waals surface area contributed by atoms with Gasteiger partial charge >= 0.3 is 0 Å². The third-order valence-corrected chi connectivity index (χ3v) is 4.03. The summed E-state index contributed by atoms with van der Waals surface area (Å²) in [6, 6.07) is 13.8. The molecule has 0 aliphatic carbocycles. The number of rotatable bonds is 6. The van der Waals surface area contributed by atoms with E-state index >= 15 is 0 Å². The SMILES string of the molecule is CCNC(CCC(C)C)c1ccc(C)c2ccccc12. The Morgan fingerprint density at radius 2 is 1.65 bits per heavy atom. The van der Waals surface area contributed by atoms with Crippen molar-refractivity contribution in [2.75, 3.05) is 6.54 Å². The second-order valence-electron chi connectivity index (χ2n) is 6.10. The van der Waals surface area contributed by atoms with Crippen LogP contribution in [0.15, 0.2) is 36.4 Å². The zero-order valence-electron chi connectivity index (χ0n) is 13.2. The predicted molar refractivity (Wildman–Crippen MR) is 89.2 cm³/mol. The average Bonchev–Trinajstić information content (AvgIpc) is 2.44. The standard InChI is InChI=1S/C19H27N/c1-5-20-19(13-10-14(2)3)18-12-11-15(4)16-8-6-7-9-17(16)18/h6-9,11-12,14,19-20H,5,10,13H2,1-4H3. The molecule has 0 saturated carbocycles. The minimum atomic E-state index is 0.466. The normalized spacial score (nSPS) is 13.1. The Bertz CT molecular complexity index is 557. The Hall–Kier alpha value is -1.34. The van der Waals surface area contributed by atoms with Gasteiger partial charge in [0.05, 0.1) is 0 Å². The molecule has 0 heterocycles. The molecule has 2 rings (SSSR count). The number of hydrogen-bond acceptors (Lipinski definition) is 1. The summed E-state index contributed by atoms with van der Waals surface area (Å²) in [6.07, 6.45) is 2.47. The summed E-state index contributed by atoms with van der Waals surface area (Å²) in [4.78, 5) is 0. The number of aryl methyl sites for hydroxylation is 1. The van der Waals surface area contributed by atoms with Crippen LogP contribution in [0.1, 0.15) is 50.8 Å². The quantitative estimate of drug-likeness (QED) is 0.756. The fourth-order valence-corrected chi connectivity index (χ4v) is 2.89. The van der Waals surface area contributed by atoms with Gasteiger partial charge in [-0.25, -0.2) is 0 Å². The molecule has 20 heavy (non-hydrogen) atoms. The van der Waals surface area contributed by atoms with Crippen LogP contribution in [0.4, 0.5) is 0 Å². The second kappa shape index (κ2) is 6.90. The van der Waals surface area contributed by atoms with Crippen molar-refractivity contribution in [1.29, 1.82) is 0 Å². The second-order valence-corrected chi connectivity index (χ2v) is 6.10. The van der Waals surface area contributed by atoms with Crippen molar-refractivity contribution in [3.8, 4) is 0 Å². The highest BCUT2D eigenvalue weighted by Gasteiger charge is 2.14. The van der Waals surface area contributed by atoms with Crippen LogP contribution in [0.3, 0.4) is 0 Å². The first kappa shape index (κ1) is 15.1. The predicted octanol–water partition coefficient (Wildman–Crippen LogP) is 5.24. The molecule has 0 radical (unpaired) electrons.